The first kappa shape index (κ1) is 15.0. The second kappa shape index (κ2) is 7.41. The molecule has 108 valence electrons. The molecule has 1 unspecified atom stereocenters. The molecule has 1 N–H and O–H groups in total. The van der Waals surface area contributed by atoms with Crippen LogP contribution in [0, 0.1) is 0 Å². The van der Waals surface area contributed by atoms with Crippen LogP contribution in [0.4, 0.5) is 0 Å². The largest absolute Gasteiger partial charge is 0.313 e. The summed E-state index contributed by atoms with van der Waals surface area (Å²) in [6, 6.07) is 8.33. The van der Waals surface area contributed by atoms with Crippen molar-refractivity contribution in [3.63, 3.8) is 0 Å². The molecule has 0 aliphatic rings. The minimum Gasteiger partial charge on any atom is -0.313 e. The van der Waals surface area contributed by atoms with E-state index in [0.717, 1.165) is 36.7 Å². The predicted octanol–water partition coefficient (Wildman–Crippen LogP) is 2.62. The molecule has 0 aliphatic carbocycles. The second-order valence-corrected chi connectivity index (χ2v) is 5.36. The van der Waals surface area contributed by atoms with E-state index in [1.165, 1.54) is 5.56 Å². The number of nitrogens with zero attached hydrogens (tertiary/aromatic N) is 3. The lowest BCUT2D eigenvalue weighted by Crippen LogP contribution is -2.34. The van der Waals surface area contributed by atoms with E-state index in [2.05, 4.69) is 28.4 Å². The van der Waals surface area contributed by atoms with Crippen molar-refractivity contribution in [2.45, 2.75) is 32.2 Å². The molecule has 0 radical (unpaired) electrons. The number of nitrogens with one attached hydrogen (secondary N) is 1. The van der Waals surface area contributed by atoms with Crippen LogP contribution in [0.2, 0.25) is 5.02 Å². The van der Waals surface area contributed by atoms with Gasteiger partial charge in [0.05, 0.1) is 0 Å². The van der Waals surface area contributed by atoms with Crippen molar-refractivity contribution < 1.29 is 0 Å². The van der Waals surface area contributed by atoms with Crippen molar-refractivity contribution in [2.75, 3.05) is 6.54 Å². The lowest BCUT2D eigenvalue weighted by molar-refractivity contribution is 0.485. The first-order valence-electron chi connectivity index (χ1n) is 7.00. The van der Waals surface area contributed by atoms with Gasteiger partial charge in [-0.25, -0.2) is 4.98 Å². The molecule has 0 saturated heterocycles. The molecule has 5 heteroatoms. The van der Waals surface area contributed by atoms with E-state index < -0.39 is 0 Å². The summed E-state index contributed by atoms with van der Waals surface area (Å²) in [6.07, 6.45) is 4.45. The molecule has 0 fully saturated rings. The molecular weight excluding hydrogens is 272 g/mol. The Morgan fingerprint density at radius 1 is 1.30 bits per heavy atom. The third-order valence-electron chi connectivity index (χ3n) is 3.34. The zero-order chi connectivity index (χ0) is 14.4. The molecule has 0 spiro atoms. The van der Waals surface area contributed by atoms with Gasteiger partial charge in [0.15, 0.2) is 0 Å². The minimum atomic E-state index is 0.317. The average Bonchev–Trinajstić information content (AvgIpc) is 2.84. The maximum atomic E-state index is 6.25. The van der Waals surface area contributed by atoms with Crippen LogP contribution < -0.4 is 5.32 Å². The molecular formula is C15H21ClN4. The molecule has 2 aromatic rings. The van der Waals surface area contributed by atoms with Gasteiger partial charge in [-0.1, -0.05) is 36.7 Å². The second-order valence-electron chi connectivity index (χ2n) is 4.95. The number of hydrogen-bond acceptors (Lipinski definition) is 3. The van der Waals surface area contributed by atoms with Crippen LogP contribution in [0.3, 0.4) is 0 Å². The molecule has 0 amide bonds. The molecule has 0 saturated carbocycles. The van der Waals surface area contributed by atoms with Gasteiger partial charge in [0.25, 0.3) is 0 Å². The fraction of sp³-hybridized carbons (Fsp3) is 0.467. The van der Waals surface area contributed by atoms with Gasteiger partial charge in [-0.2, -0.15) is 5.10 Å². The molecule has 0 bridgehead atoms. The lowest BCUT2D eigenvalue weighted by atomic mass is 10.0. The van der Waals surface area contributed by atoms with Gasteiger partial charge in [0, 0.05) is 24.5 Å². The Bertz CT molecular complexity index is 538. The molecule has 20 heavy (non-hydrogen) atoms. The Balaban J connectivity index is 2.07. The van der Waals surface area contributed by atoms with E-state index in [9.17, 15) is 0 Å². The number of rotatable bonds is 7. The first-order valence-corrected chi connectivity index (χ1v) is 7.38. The van der Waals surface area contributed by atoms with Crippen molar-refractivity contribution in [1.29, 1.82) is 0 Å². The molecule has 2 rings (SSSR count). The van der Waals surface area contributed by atoms with Crippen LogP contribution in [0.25, 0.3) is 0 Å². The summed E-state index contributed by atoms with van der Waals surface area (Å²) < 4.78 is 1.83. The third kappa shape index (κ3) is 4.05. The van der Waals surface area contributed by atoms with Gasteiger partial charge >= 0.3 is 0 Å². The Morgan fingerprint density at radius 2 is 2.10 bits per heavy atom. The smallest absolute Gasteiger partial charge is 0.138 e. The fourth-order valence-corrected chi connectivity index (χ4v) is 2.43. The van der Waals surface area contributed by atoms with E-state index in [4.69, 9.17) is 11.6 Å². The molecule has 1 atom stereocenters. The van der Waals surface area contributed by atoms with E-state index >= 15 is 0 Å². The molecule has 1 aromatic carbocycles. The van der Waals surface area contributed by atoms with Crippen LogP contribution in [-0.4, -0.2) is 27.4 Å². The van der Waals surface area contributed by atoms with Gasteiger partial charge in [0.2, 0.25) is 0 Å². The zero-order valence-electron chi connectivity index (χ0n) is 12.0. The average molecular weight is 293 g/mol. The summed E-state index contributed by atoms with van der Waals surface area (Å²) in [5, 5.41) is 8.52. The highest BCUT2D eigenvalue weighted by molar-refractivity contribution is 6.31. The van der Waals surface area contributed by atoms with Crippen LogP contribution in [0.15, 0.2) is 30.6 Å². The SMILES string of the molecule is CCCNC(Cc1ccccc1Cl)Cc1ncnn1C. The number of aryl methyl sites for hydroxylation is 1. The van der Waals surface area contributed by atoms with Crippen molar-refractivity contribution >= 4 is 11.6 Å². The Morgan fingerprint density at radius 3 is 2.75 bits per heavy atom. The van der Waals surface area contributed by atoms with Crippen LogP contribution >= 0.6 is 11.6 Å². The highest BCUT2D eigenvalue weighted by Crippen LogP contribution is 2.17. The summed E-state index contributed by atoms with van der Waals surface area (Å²) in [7, 11) is 1.93. The highest BCUT2D eigenvalue weighted by atomic mass is 35.5. The number of halogens is 1. The summed E-state index contributed by atoms with van der Waals surface area (Å²) in [5.41, 5.74) is 1.17. The third-order valence-corrected chi connectivity index (χ3v) is 3.71. The Labute approximate surface area is 125 Å². The monoisotopic (exact) mass is 292 g/mol. The summed E-state index contributed by atoms with van der Waals surface area (Å²) in [6.45, 7) is 3.16. The van der Waals surface area contributed by atoms with Crippen molar-refractivity contribution in [1.82, 2.24) is 20.1 Å². The maximum absolute atomic E-state index is 6.25. The van der Waals surface area contributed by atoms with Crippen molar-refractivity contribution in [3.05, 3.63) is 47.0 Å². The Hall–Kier alpha value is -1.39. The fourth-order valence-electron chi connectivity index (χ4n) is 2.22. The topological polar surface area (TPSA) is 42.7 Å². The van der Waals surface area contributed by atoms with Crippen molar-refractivity contribution in [3.8, 4) is 0 Å². The van der Waals surface area contributed by atoms with E-state index in [-0.39, 0.29) is 0 Å². The van der Waals surface area contributed by atoms with E-state index in [1.807, 2.05) is 29.9 Å². The van der Waals surface area contributed by atoms with Gasteiger partial charge in [0.1, 0.15) is 12.2 Å². The van der Waals surface area contributed by atoms with Gasteiger partial charge in [-0.15, -0.1) is 0 Å². The zero-order valence-corrected chi connectivity index (χ0v) is 12.8. The standard InChI is InChI=1S/C15H21ClN4/c1-3-8-17-13(10-15-18-11-19-20(15)2)9-12-6-4-5-7-14(12)16/h4-7,11,13,17H,3,8-10H2,1-2H3. The maximum Gasteiger partial charge on any atom is 0.138 e. The minimum absolute atomic E-state index is 0.317. The number of hydrogen-bond donors (Lipinski definition) is 1. The molecule has 0 aliphatic heterocycles. The highest BCUT2D eigenvalue weighted by Gasteiger charge is 2.14. The number of benzene rings is 1. The summed E-state index contributed by atoms with van der Waals surface area (Å²) >= 11 is 6.25. The molecule has 4 nitrogen and oxygen atoms in total. The molecule has 1 aromatic heterocycles. The van der Waals surface area contributed by atoms with Crippen LogP contribution in [0.1, 0.15) is 24.7 Å². The predicted molar refractivity (Wildman–Crippen MR) is 81.9 cm³/mol. The summed E-state index contributed by atoms with van der Waals surface area (Å²) in [4.78, 5) is 4.31. The van der Waals surface area contributed by atoms with Gasteiger partial charge < -0.3 is 5.32 Å². The van der Waals surface area contributed by atoms with E-state index in [0.29, 0.717) is 6.04 Å². The quantitative estimate of drug-likeness (QED) is 0.853. The van der Waals surface area contributed by atoms with E-state index in [1.54, 1.807) is 6.33 Å². The van der Waals surface area contributed by atoms with Crippen LogP contribution in [-0.2, 0) is 19.9 Å². The van der Waals surface area contributed by atoms with Crippen LogP contribution in [0.5, 0.6) is 0 Å². The summed E-state index contributed by atoms with van der Waals surface area (Å²) in [5.74, 6) is 0.991. The number of aromatic nitrogens is 3. The first-order chi connectivity index (χ1) is 9.70. The van der Waals surface area contributed by atoms with Crippen molar-refractivity contribution in [2.24, 2.45) is 7.05 Å². The molecule has 1 heterocycles. The van der Waals surface area contributed by atoms with Gasteiger partial charge in [-0.05, 0) is 31.0 Å². The van der Waals surface area contributed by atoms with Gasteiger partial charge in [-0.3, -0.25) is 4.68 Å². The lowest BCUT2D eigenvalue weighted by Gasteiger charge is -2.18. The normalized spacial score (nSPS) is 12.6. The Kier molecular flexibility index (Phi) is 5.56.